The molecule has 0 aliphatic rings. The van der Waals surface area contributed by atoms with E-state index in [2.05, 4.69) is 10.3 Å². The Morgan fingerprint density at radius 1 is 0.864 bits per heavy atom. The molecule has 1 heterocycles. The predicted octanol–water partition coefficient (Wildman–Crippen LogP) is 3.93. The first-order chi connectivity index (χ1) is 10.8. The van der Waals surface area contributed by atoms with Gasteiger partial charge in [0, 0.05) is 5.56 Å². The third kappa shape index (κ3) is 3.58. The summed E-state index contributed by atoms with van der Waals surface area (Å²) >= 11 is 0. The number of aromatic nitrogens is 1. The molecule has 0 atom stereocenters. The van der Waals surface area contributed by atoms with Gasteiger partial charge in [0.15, 0.2) is 0 Å². The van der Waals surface area contributed by atoms with Gasteiger partial charge in [-0.3, -0.25) is 9.78 Å². The fourth-order valence-electron chi connectivity index (χ4n) is 2.23. The van der Waals surface area contributed by atoms with Crippen molar-refractivity contribution in [3.8, 4) is 11.3 Å². The summed E-state index contributed by atoms with van der Waals surface area (Å²) in [6, 6.07) is 23.4. The Bertz CT molecular complexity index is 737. The quantitative estimate of drug-likeness (QED) is 0.790. The molecule has 0 aliphatic heterocycles. The first-order valence-corrected chi connectivity index (χ1v) is 7.16. The number of hydrogen-bond donors (Lipinski definition) is 1. The van der Waals surface area contributed by atoms with E-state index in [1.54, 1.807) is 6.20 Å². The van der Waals surface area contributed by atoms with Crippen LogP contribution in [0.1, 0.15) is 5.56 Å². The van der Waals surface area contributed by atoms with E-state index < -0.39 is 0 Å². The Hall–Kier alpha value is -2.94. The average Bonchev–Trinajstić information content (AvgIpc) is 2.57. The maximum absolute atomic E-state index is 12.0. The molecule has 0 fully saturated rings. The zero-order valence-electron chi connectivity index (χ0n) is 12.1. The van der Waals surface area contributed by atoms with Gasteiger partial charge in [-0.1, -0.05) is 60.7 Å². The number of carbonyl (C=O) groups excluding carboxylic acids is 1. The zero-order chi connectivity index (χ0) is 15.2. The highest BCUT2D eigenvalue weighted by atomic mass is 16.1. The number of benzene rings is 2. The van der Waals surface area contributed by atoms with E-state index in [1.807, 2.05) is 72.8 Å². The fourth-order valence-corrected chi connectivity index (χ4v) is 2.23. The molecular formula is C19H16N2O. The largest absolute Gasteiger partial charge is 0.324 e. The number of nitrogens with one attached hydrogen (secondary N) is 1. The Kier molecular flexibility index (Phi) is 4.25. The van der Waals surface area contributed by atoms with Crippen LogP contribution < -0.4 is 5.32 Å². The van der Waals surface area contributed by atoms with Gasteiger partial charge in [-0.2, -0.15) is 0 Å². The van der Waals surface area contributed by atoms with Crippen LogP contribution in [0.3, 0.4) is 0 Å². The normalized spacial score (nSPS) is 10.2. The first kappa shape index (κ1) is 14.0. The lowest BCUT2D eigenvalue weighted by Crippen LogP contribution is -2.14. The van der Waals surface area contributed by atoms with Gasteiger partial charge in [-0.15, -0.1) is 0 Å². The molecule has 1 amide bonds. The van der Waals surface area contributed by atoms with Crippen molar-refractivity contribution in [2.75, 3.05) is 5.32 Å². The highest BCUT2D eigenvalue weighted by molar-refractivity contribution is 5.92. The molecule has 3 heteroatoms. The Balaban J connectivity index is 1.65. The van der Waals surface area contributed by atoms with E-state index in [0.717, 1.165) is 16.8 Å². The molecule has 3 nitrogen and oxygen atoms in total. The molecule has 22 heavy (non-hydrogen) atoms. The van der Waals surface area contributed by atoms with Crippen molar-refractivity contribution in [2.24, 2.45) is 0 Å². The second-order valence-corrected chi connectivity index (χ2v) is 5.01. The van der Waals surface area contributed by atoms with E-state index >= 15 is 0 Å². The molecular weight excluding hydrogens is 272 g/mol. The highest BCUT2D eigenvalue weighted by Crippen LogP contribution is 2.18. The monoisotopic (exact) mass is 288 g/mol. The van der Waals surface area contributed by atoms with Crippen molar-refractivity contribution in [3.63, 3.8) is 0 Å². The van der Waals surface area contributed by atoms with Crippen molar-refractivity contribution in [1.29, 1.82) is 0 Å². The number of nitrogens with zero attached hydrogens (tertiary/aromatic N) is 1. The van der Waals surface area contributed by atoms with Crippen molar-refractivity contribution < 1.29 is 4.79 Å². The zero-order valence-corrected chi connectivity index (χ0v) is 12.1. The van der Waals surface area contributed by atoms with Crippen LogP contribution in [0.15, 0.2) is 79.0 Å². The molecule has 3 aromatic rings. The molecule has 0 bridgehead atoms. The lowest BCUT2D eigenvalue weighted by molar-refractivity contribution is -0.115. The highest BCUT2D eigenvalue weighted by Gasteiger charge is 2.05. The number of pyridine rings is 1. The van der Waals surface area contributed by atoms with Crippen LogP contribution in [-0.2, 0) is 11.2 Å². The summed E-state index contributed by atoms with van der Waals surface area (Å²) in [5.41, 5.74) is 3.65. The van der Waals surface area contributed by atoms with Gasteiger partial charge in [0.05, 0.1) is 24.0 Å². The molecule has 0 radical (unpaired) electrons. The van der Waals surface area contributed by atoms with Crippen LogP contribution in [0.5, 0.6) is 0 Å². The van der Waals surface area contributed by atoms with Crippen molar-refractivity contribution in [3.05, 3.63) is 84.6 Å². The molecule has 1 N–H and O–H groups in total. The number of carbonyl (C=O) groups is 1. The molecule has 0 spiro atoms. The van der Waals surface area contributed by atoms with Crippen LogP contribution in [0.2, 0.25) is 0 Å². The number of hydrogen-bond acceptors (Lipinski definition) is 2. The van der Waals surface area contributed by atoms with E-state index in [1.165, 1.54) is 0 Å². The van der Waals surface area contributed by atoms with E-state index in [0.29, 0.717) is 12.1 Å². The van der Waals surface area contributed by atoms with Crippen LogP contribution >= 0.6 is 0 Å². The summed E-state index contributed by atoms with van der Waals surface area (Å²) in [6.07, 6.45) is 2.05. The maximum atomic E-state index is 12.0. The summed E-state index contributed by atoms with van der Waals surface area (Å²) < 4.78 is 0. The lowest BCUT2D eigenvalue weighted by atomic mass is 10.1. The molecule has 2 aromatic carbocycles. The standard InChI is InChI=1S/C19H16N2O/c22-19(13-15-7-3-1-4-8-15)21-17-11-12-18(20-14-17)16-9-5-2-6-10-16/h1-12,14H,13H2,(H,21,22). The van der Waals surface area contributed by atoms with Crippen LogP contribution in [0, 0.1) is 0 Å². The van der Waals surface area contributed by atoms with E-state index in [9.17, 15) is 4.79 Å². The van der Waals surface area contributed by atoms with Crippen LogP contribution in [-0.4, -0.2) is 10.9 Å². The minimum Gasteiger partial charge on any atom is -0.324 e. The molecule has 1 aromatic heterocycles. The molecule has 108 valence electrons. The summed E-state index contributed by atoms with van der Waals surface area (Å²) in [4.78, 5) is 16.4. The minimum atomic E-state index is -0.0412. The molecule has 0 aliphatic carbocycles. The molecule has 3 rings (SSSR count). The Morgan fingerprint density at radius 3 is 2.18 bits per heavy atom. The van der Waals surface area contributed by atoms with Gasteiger partial charge in [-0.05, 0) is 17.7 Å². The number of anilines is 1. The van der Waals surface area contributed by atoms with Gasteiger partial charge >= 0.3 is 0 Å². The van der Waals surface area contributed by atoms with Crippen molar-refractivity contribution >= 4 is 11.6 Å². The van der Waals surface area contributed by atoms with Crippen molar-refractivity contribution in [1.82, 2.24) is 4.98 Å². The van der Waals surface area contributed by atoms with Gasteiger partial charge in [0.2, 0.25) is 5.91 Å². The van der Waals surface area contributed by atoms with Gasteiger partial charge in [0.25, 0.3) is 0 Å². The Morgan fingerprint density at radius 2 is 1.55 bits per heavy atom. The predicted molar refractivity (Wildman–Crippen MR) is 88.4 cm³/mol. The maximum Gasteiger partial charge on any atom is 0.228 e. The third-order valence-corrected chi connectivity index (χ3v) is 3.32. The minimum absolute atomic E-state index is 0.0412. The molecule has 0 saturated carbocycles. The number of amides is 1. The Labute approximate surface area is 129 Å². The second kappa shape index (κ2) is 6.68. The van der Waals surface area contributed by atoms with Crippen molar-refractivity contribution in [2.45, 2.75) is 6.42 Å². The van der Waals surface area contributed by atoms with Gasteiger partial charge in [0.1, 0.15) is 0 Å². The fraction of sp³-hybridized carbons (Fsp3) is 0.0526. The summed E-state index contributed by atoms with van der Waals surface area (Å²) in [7, 11) is 0. The van der Waals surface area contributed by atoms with E-state index in [4.69, 9.17) is 0 Å². The van der Waals surface area contributed by atoms with Crippen LogP contribution in [0.25, 0.3) is 11.3 Å². The summed E-state index contributed by atoms with van der Waals surface area (Å²) in [5, 5.41) is 2.87. The SMILES string of the molecule is O=C(Cc1ccccc1)Nc1ccc(-c2ccccc2)nc1. The van der Waals surface area contributed by atoms with Gasteiger partial charge in [-0.25, -0.2) is 0 Å². The lowest BCUT2D eigenvalue weighted by Gasteiger charge is -2.06. The second-order valence-electron chi connectivity index (χ2n) is 5.01. The summed E-state index contributed by atoms with van der Waals surface area (Å²) in [6.45, 7) is 0. The van der Waals surface area contributed by atoms with Crippen LogP contribution in [0.4, 0.5) is 5.69 Å². The topological polar surface area (TPSA) is 42.0 Å². The first-order valence-electron chi connectivity index (χ1n) is 7.16. The van der Waals surface area contributed by atoms with Gasteiger partial charge < -0.3 is 5.32 Å². The average molecular weight is 288 g/mol. The van der Waals surface area contributed by atoms with E-state index in [-0.39, 0.29) is 5.91 Å². The third-order valence-electron chi connectivity index (χ3n) is 3.32. The molecule has 0 unspecified atom stereocenters. The summed E-state index contributed by atoms with van der Waals surface area (Å²) in [5.74, 6) is -0.0412. The number of rotatable bonds is 4. The smallest absolute Gasteiger partial charge is 0.228 e. The molecule has 0 saturated heterocycles.